The van der Waals surface area contributed by atoms with Crippen molar-refractivity contribution in [1.29, 1.82) is 0 Å². The van der Waals surface area contributed by atoms with Crippen LogP contribution in [0.5, 0.6) is 0 Å². The average molecular weight is 355 g/mol. The van der Waals surface area contributed by atoms with Crippen molar-refractivity contribution in [2.75, 3.05) is 12.3 Å². The Morgan fingerprint density at radius 3 is 2.52 bits per heavy atom. The van der Waals surface area contributed by atoms with Crippen LogP contribution >= 0.6 is 0 Å². The van der Waals surface area contributed by atoms with Crippen molar-refractivity contribution in [2.45, 2.75) is 51.9 Å². The van der Waals surface area contributed by atoms with Crippen molar-refractivity contribution >= 4 is 17.5 Å². The van der Waals surface area contributed by atoms with Gasteiger partial charge in [-0.3, -0.25) is 10.1 Å². The van der Waals surface area contributed by atoms with Crippen LogP contribution in [0.15, 0.2) is 12.1 Å². The number of nitrogen functional groups attached to an aromatic ring is 1. The minimum absolute atomic E-state index is 0.0175. The minimum atomic E-state index is -1.33. The predicted octanol–water partition coefficient (Wildman–Crippen LogP) is 1.79. The molecule has 1 aromatic rings. The van der Waals surface area contributed by atoms with E-state index in [1.54, 1.807) is 20.8 Å². The summed E-state index contributed by atoms with van der Waals surface area (Å²) in [6.07, 6.45) is -3.12. The van der Waals surface area contributed by atoms with Gasteiger partial charge in [0.05, 0.1) is 11.0 Å². The molecule has 0 saturated heterocycles. The number of amides is 1. The number of alkyl carbamates (subject to hydrolysis) is 1. The summed E-state index contributed by atoms with van der Waals surface area (Å²) >= 11 is 0. The summed E-state index contributed by atoms with van der Waals surface area (Å²) in [5, 5.41) is 33.7. The Morgan fingerprint density at radius 1 is 1.40 bits per heavy atom. The molecule has 0 aliphatic heterocycles. The standard InChI is InChI=1S/C16H25N3O6/c1-9-7-10(11(17)8-12(9)19(23)24)14(21)13(20)5-6-18-15(22)25-16(2,3)4/h7-8,13-14,20-21H,5-6,17H2,1-4H3,(H,18,22). The van der Waals surface area contributed by atoms with E-state index in [1.807, 2.05) is 0 Å². The molecular formula is C16H25N3O6. The minimum Gasteiger partial charge on any atom is -0.444 e. The highest BCUT2D eigenvalue weighted by Gasteiger charge is 2.24. The number of carbonyl (C=O) groups excluding carboxylic acids is 1. The number of carbonyl (C=O) groups is 1. The maximum Gasteiger partial charge on any atom is 0.407 e. The zero-order valence-electron chi connectivity index (χ0n) is 14.8. The molecule has 5 N–H and O–H groups in total. The molecule has 1 rings (SSSR count). The molecule has 9 heteroatoms. The first-order valence-corrected chi connectivity index (χ1v) is 7.79. The predicted molar refractivity (Wildman–Crippen MR) is 92.1 cm³/mol. The number of aliphatic hydroxyl groups is 2. The first-order chi connectivity index (χ1) is 11.4. The van der Waals surface area contributed by atoms with E-state index < -0.39 is 28.8 Å². The number of nitro groups is 1. The number of rotatable bonds is 6. The summed E-state index contributed by atoms with van der Waals surface area (Å²) in [6, 6.07) is 2.53. The van der Waals surface area contributed by atoms with Crippen LogP contribution < -0.4 is 11.1 Å². The van der Waals surface area contributed by atoms with Crippen LogP contribution in [0.25, 0.3) is 0 Å². The number of aryl methyl sites for hydroxylation is 1. The van der Waals surface area contributed by atoms with Gasteiger partial charge in [-0.2, -0.15) is 0 Å². The molecular weight excluding hydrogens is 330 g/mol. The molecule has 0 radical (unpaired) electrons. The molecule has 1 aromatic carbocycles. The maximum absolute atomic E-state index is 11.5. The lowest BCUT2D eigenvalue weighted by atomic mass is 9.97. The Bertz CT molecular complexity index is 641. The number of nitrogens with zero attached hydrogens (tertiary/aromatic N) is 1. The molecule has 2 unspecified atom stereocenters. The topological polar surface area (TPSA) is 148 Å². The van der Waals surface area contributed by atoms with Crippen molar-refractivity contribution in [2.24, 2.45) is 0 Å². The molecule has 0 spiro atoms. The molecule has 0 aromatic heterocycles. The zero-order valence-corrected chi connectivity index (χ0v) is 14.8. The number of benzene rings is 1. The molecule has 2 atom stereocenters. The zero-order chi connectivity index (χ0) is 19.4. The summed E-state index contributed by atoms with van der Waals surface area (Å²) < 4.78 is 5.06. The van der Waals surface area contributed by atoms with Gasteiger partial charge in [0.1, 0.15) is 11.7 Å². The van der Waals surface area contributed by atoms with Crippen LogP contribution in [0.1, 0.15) is 44.4 Å². The summed E-state index contributed by atoms with van der Waals surface area (Å²) in [7, 11) is 0. The highest BCUT2D eigenvalue weighted by atomic mass is 16.6. The van der Waals surface area contributed by atoms with E-state index in [0.717, 1.165) is 6.07 Å². The van der Waals surface area contributed by atoms with E-state index in [9.17, 15) is 25.1 Å². The first kappa shape index (κ1) is 20.7. The second-order valence-corrected chi connectivity index (χ2v) is 6.75. The van der Waals surface area contributed by atoms with Crippen LogP contribution in [0.3, 0.4) is 0 Å². The van der Waals surface area contributed by atoms with Gasteiger partial charge in [0.25, 0.3) is 5.69 Å². The highest BCUT2D eigenvalue weighted by molar-refractivity contribution is 5.67. The van der Waals surface area contributed by atoms with E-state index in [2.05, 4.69) is 5.32 Å². The summed E-state index contributed by atoms with van der Waals surface area (Å²) in [5.41, 5.74) is 5.50. The molecule has 0 heterocycles. The van der Waals surface area contributed by atoms with Gasteiger partial charge >= 0.3 is 6.09 Å². The van der Waals surface area contributed by atoms with Gasteiger partial charge < -0.3 is 26.0 Å². The monoisotopic (exact) mass is 355 g/mol. The number of nitrogens with two attached hydrogens (primary N) is 1. The maximum atomic E-state index is 11.5. The van der Waals surface area contributed by atoms with Gasteiger partial charge in [-0.1, -0.05) is 0 Å². The van der Waals surface area contributed by atoms with Crippen LogP contribution in [0.4, 0.5) is 16.2 Å². The smallest absolute Gasteiger partial charge is 0.407 e. The molecule has 0 aliphatic carbocycles. The molecule has 0 saturated carbocycles. The summed E-state index contributed by atoms with van der Waals surface area (Å²) in [4.78, 5) is 21.8. The van der Waals surface area contributed by atoms with Crippen molar-refractivity contribution in [3.8, 4) is 0 Å². The number of nitro benzene ring substituents is 1. The lowest BCUT2D eigenvalue weighted by molar-refractivity contribution is -0.385. The Balaban J connectivity index is 2.68. The fourth-order valence-corrected chi connectivity index (χ4v) is 2.19. The number of anilines is 1. The normalized spacial score (nSPS) is 13.8. The van der Waals surface area contributed by atoms with Crippen LogP contribution in [-0.2, 0) is 4.74 Å². The van der Waals surface area contributed by atoms with Crippen molar-refractivity contribution < 1.29 is 24.7 Å². The molecule has 1 amide bonds. The molecule has 9 nitrogen and oxygen atoms in total. The van der Waals surface area contributed by atoms with Gasteiger partial charge in [-0.15, -0.1) is 0 Å². The van der Waals surface area contributed by atoms with Gasteiger partial charge in [0.15, 0.2) is 0 Å². The van der Waals surface area contributed by atoms with Crippen molar-refractivity contribution in [3.05, 3.63) is 33.4 Å². The molecule has 140 valence electrons. The van der Waals surface area contributed by atoms with E-state index >= 15 is 0 Å². The Hall–Kier alpha value is -2.39. The number of ether oxygens (including phenoxy) is 1. The third-order valence-corrected chi connectivity index (χ3v) is 3.39. The van der Waals surface area contributed by atoms with Gasteiger partial charge in [0.2, 0.25) is 0 Å². The van der Waals surface area contributed by atoms with Crippen LogP contribution in [0.2, 0.25) is 0 Å². The first-order valence-electron chi connectivity index (χ1n) is 7.79. The number of hydrogen-bond donors (Lipinski definition) is 4. The molecule has 0 aliphatic rings. The van der Waals surface area contributed by atoms with E-state index in [4.69, 9.17) is 10.5 Å². The van der Waals surface area contributed by atoms with Gasteiger partial charge in [0, 0.05) is 29.4 Å². The van der Waals surface area contributed by atoms with Crippen LogP contribution in [-0.4, -0.2) is 39.5 Å². The number of aliphatic hydroxyl groups excluding tert-OH is 2. The van der Waals surface area contributed by atoms with Crippen LogP contribution in [0, 0.1) is 17.0 Å². The number of nitrogens with one attached hydrogen (secondary N) is 1. The average Bonchev–Trinajstić information content (AvgIpc) is 2.46. The summed E-state index contributed by atoms with van der Waals surface area (Å²) in [5.74, 6) is 0. The SMILES string of the molecule is Cc1cc(C(O)C(O)CCNC(=O)OC(C)(C)C)c(N)cc1[N+](=O)[O-]. The fourth-order valence-electron chi connectivity index (χ4n) is 2.19. The Kier molecular flexibility index (Phi) is 6.71. The summed E-state index contributed by atoms with van der Waals surface area (Å²) in [6.45, 7) is 6.78. The molecule has 25 heavy (non-hydrogen) atoms. The third-order valence-electron chi connectivity index (χ3n) is 3.39. The quantitative estimate of drug-likeness (QED) is 0.345. The lowest BCUT2D eigenvalue weighted by Crippen LogP contribution is -2.34. The van der Waals surface area contributed by atoms with E-state index in [0.29, 0.717) is 5.56 Å². The second kappa shape index (κ2) is 8.13. The van der Waals surface area contributed by atoms with E-state index in [-0.39, 0.29) is 29.9 Å². The highest BCUT2D eigenvalue weighted by Crippen LogP contribution is 2.30. The molecule has 0 bridgehead atoms. The lowest BCUT2D eigenvalue weighted by Gasteiger charge is -2.22. The Labute approximate surface area is 145 Å². The van der Waals surface area contributed by atoms with Gasteiger partial charge in [-0.25, -0.2) is 4.79 Å². The van der Waals surface area contributed by atoms with Crippen molar-refractivity contribution in [3.63, 3.8) is 0 Å². The van der Waals surface area contributed by atoms with E-state index in [1.165, 1.54) is 13.0 Å². The third kappa shape index (κ3) is 6.20. The second-order valence-electron chi connectivity index (χ2n) is 6.75. The largest absolute Gasteiger partial charge is 0.444 e. The van der Waals surface area contributed by atoms with Gasteiger partial charge in [-0.05, 0) is 40.2 Å². The number of hydrogen-bond acceptors (Lipinski definition) is 7. The fraction of sp³-hybridized carbons (Fsp3) is 0.562. The van der Waals surface area contributed by atoms with Crippen molar-refractivity contribution in [1.82, 2.24) is 5.32 Å². The molecule has 0 fully saturated rings. The Morgan fingerprint density at radius 2 is 2.00 bits per heavy atom.